The zero-order valence-corrected chi connectivity index (χ0v) is 20.0. The van der Waals surface area contributed by atoms with Gasteiger partial charge in [-0.1, -0.05) is 0 Å². The lowest BCUT2D eigenvalue weighted by Crippen LogP contribution is -2.50. The Balaban J connectivity index is 1.56. The van der Waals surface area contributed by atoms with Crippen molar-refractivity contribution in [3.05, 3.63) is 51.3 Å². The molecule has 3 heterocycles. The Kier molecular flexibility index (Phi) is 6.00. The van der Waals surface area contributed by atoms with Crippen molar-refractivity contribution in [3.63, 3.8) is 0 Å². The van der Waals surface area contributed by atoms with Gasteiger partial charge < -0.3 is 9.64 Å². The molecule has 0 radical (unpaired) electrons. The van der Waals surface area contributed by atoms with Crippen molar-refractivity contribution in [2.45, 2.75) is 18.7 Å². The summed E-state index contributed by atoms with van der Waals surface area (Å²) < 4.78 is 34.0. The van der Waals surface area contributed by atoms with Crippen molar-refractivity contribution in [3.8, 4) is 5.75 Å². The predicted octanol–water partition coefficient (Wildman–Crippen LogP) is 1.65. The quantitative estimate of drug-likeness (QED) is 0.390. The lowest BCUT2D eigenvalue weighted by molar-refractivity contribution is -0.386. The number of aryl methyl sites for hydroxylation is 3. The summed E-state index contributed by atoms with van der Waals surface area (Å²) in [6.45, 7) is 4.10. The monoisotopic (exact) mass is 488 g/mol. The molecule has 2 aromatic heterocycles. The molecule has 4 rings (SSSR count). The molecule has 0 spiro atoms. The highest BCUT2D eigenvalue weighted by molar-refractivity contribution is 7.89. The molecule has 1 aliphatic heterocycles. The molecule has 0 aliphatic carbocycles. The normalized spacial score (nSPS) is 15.0. The smallest absolute Gasteiger partial charge is 0.312 e. The summed E-state index contributed by atoms with van der Waals surface area (Å²) in [5.74, 6) is -0.243. The third-order valence-electron chi connectivity index (χ3n) is 5.84. The molecule has 0 N–H and O–H groups in total. The third kappa shape index (κ3) is 3.96. The molecular formula is C21H24N6O6S. The number of piperazine rings is 1. The summed E-state index contributed by atoms with van der Waals surface area (Å²) in [6.07, 6.45) is 0. The minimum absolute atomic E-state index is 0.0241. The molecule has 180 valence electrons. The summed E-state index contributed by atoms with van der Waals surface area (Å²) in [6, 6.07) is 5.25. The number of carbonyl (C=O) groups is 1. The fraction of sp³-hybridized carbons (Fsp3) is 0.381. The number of nitro groups is 1. The van der Waals surface area contributed by atoms with E-state index in [0.29, 0.717) is 28.0 Å². The first-order valence-electron chi connectivity index (χ1n) is 10.5. The zero-order chi connectivity index (χ0) is 24.8. The lowest BCUT2D eigenvalue weighted by atomic mass is 10.1. The number of nitro benzene ring substituents is 1. The molecule has 1 amide bonds. The van der Waals surface area contributed by atoms with Gasteiger partial charge >= 0.3 is 5.69 Å². The maximum atomic E-state index is 13.3. The highest BCUT2D eigenvalue weighted by Gasteiger charge is 2.33. The maximum absolute atomic E-state index is 13.3. The third-order valence-corrected chi connectivity index (χ3v) is 7.73. The molecule has 34 heavy (non-hydrogen) atoms. The topological polar surface area (TPSA) is 141 Å². The first-order chi connectivity index (χ1) is 16.0. The number of methoxy groups -OCH3 is 1. The number of aromatic nitrogens is 3. The van der Waals surface area contributed by atoms with Crippen LogP contribution >= 0.6 is 0 Å². The van der Waals surface area contributed by atoms with Gasteiger partial charge in [0.15, 0.2) is 11.4 Å². The van der Waals surface area contributed by atoms with E-state index < -0.39 is 20.6 Å². The van der Waals surface area contributed by atoms with E-state index in [1.165, 1.54) is 23.5 Å². The second-order valence-corrected chi connectivity index (χ2v) is 9.94. The highest BCUT2D eigenvalue weighted by Crippen LogP contribution is 2.31. The van der Waals surface area contributed by atoms with Gasteiger partial charge in [0, 0.05) is 45.0 Å². The van der Waals surface area contributed by atoms with E-state index in [1.807, 2.05) is 6.92 Å². The van der Waals surface area contributed by atoms with Crippen molar-refractivity contribution in [2.24, 2.45) is 7.05 Å². The Hall–Kier alpha value is -3.58. The highest BCUT2D eigenvalue weighted by atomic mass is 32.2. The average Bonchev–Trinajstić information content (AvgIpc) is 3.10. The Morgan fingerprint density at radius 2 is 1.82 bits per heavy atom. The van der Waals surface area contributed by atoms with E-state index in [-0.39, 0.29) is 42.7 Å². The van der Waals surface area contributed by atoms with Crippen molar-refractivity contribution in [1.82, 2.24) is 24.0 Å². The number of nitrogens with zero attached hydrogens (tertiary/aromatic N) is 6. The van der Waals surface area contributed by atoms with Crippen LogP contribution in [0.3, 0.4) is 0 Å². The van der Waals surface area contributed by atoms with Gasteiger partial charge in [-0.25, -0.2) is 13.4 Å². The van der Waals surface area contributed by atoms with Crippen LogP contribution in [-0.2, 0) is 17.1 Å². The van der Waals surface area contributed by atoms with Crippen LogP contribution < -0.4 is 4.74 Å². The van der Waals surface area contributed by atoms with Crippen LogP contribution in [0.1, 0.15) is 21.7 Å². The Morgan fingerprint density at radius 3 is 2.44 bits per heavy atom. The fourth-order valence-electron chi connectivity index (χ4n) is 4.16. The Morgan fingerprint density at radius 1 is 1.15 bits per heavy atom. The summed E-state index contributed by atoms with van der Waals surface area (Å²) in [4.78, 5) is 29.8. The van der Waals surface area contributed by atoms with Crippen molar-refractivity contribution in [2.75, 3.05) is 33.3 Å². The minimum atomic E-state index is -3.99. The van der Waals surface area contributed by atoms with Gasteiger partial charge in [0.05, 0.1) is 33.6 Å². The molecule has 1 fully saturated rings. The lowest BCUT2D eigenvalue weighted by Gasteiger charge is -2.34. The number of rotatable bonds is 5. The van der Waals surface area contributed by atoms with Gasteiger partial charge in [0.25, 0.3) is 5.91 Å². The number of hydrogen-bond acceptors (Lipinski definition) is 8. The predicted molar refractivity (Wildman–Crippen MR) is 122 cm³/mol. The molecule has 3 aromatic rings. The summed E-state index contributed by atoms with van der Waals surface area (Å²) in [5.41, 5.74) is 2.04. The van der Waals surface area contributed by atoms with Crippen molar-refractivity contribution < 1.29 is 22.9 Å². The molecule has 0 bridgehead atoms. The molecule has 13 heteroatoms. The van der Waals surface area contributed by atoms with Gasteiger partial charge in [-0.15, -0.1) is 0 Å². The molecule has 1 aromatic carbocycles. The number of sulfonamides is 1. The van der Waals surface area contributed by atoms with Crippen molar-refractivity contribution >= 4 is 32.7 Å². The van der Waals surface area contributed by atoms with Crippen LogP contribution in [0.25, 0.3) is 11.0 Å². The molecule has 0 saturated carbocycles. The maximum Gasteiger partial charge on any atom is 0.312 e. The second kappa shape index (κ2) is 8.65. The standard InChI is InChI=1S/C21H24N6O6S/c1-13-11-16(19-14(2)23-24(3)20(19)22-13)21(28)25-7-9-26(10-8-25)34(31,32)15-5-6-18(33-4)17(12-15)27(29)30/h5-6,11-12H,7-10H2,1-4H3. The second-order valence-electron chi connectivity index (χ2n) is 8.01. The van der Waals surface area contributed by atoms with E-state index >= 15 is 0 Å². The Labute approximate surface area is 195 Å². The first kappa shape index (κ1) is 23.6. The number of fused-ring (bicyclic) bond motifs is 1. The summed E-state index contributed by atoms with van der Waals surface area (Å²) in [5, 5.41) is 16.3. The van der Waals surface area contributed by atoms with Crippen LogP contribution in [0, 0.1) is 24.0 Å². The Bertz CT molecular complexity index is 1410. The van der Waals surface area contributed by atoms with Gasteiger partial charge in [-0.05, 0) is 32.0 Å². The van der Waals surface area contributed by atoms with E-state index in [4.69, 9.17) is 4.74 Å². The van der Waals surface area contributed by atoms with Crippen LogP contribution in [0.5, 0.6) is 5.75 Å². The van der Waals surface area contributed by atoms with E-state index in [9.17, 15) is 23.3 Å². The van der Waals surface area contributed by atoms with Crippen LogP contribution in [-0.4, -0.2) is 76.5 Å². The van der Waals surface area contributed by atoms with Gasteiger partial charge in [0.2, 0.25) is 10.0 Å². The number of amides is 1. The van der Waals surface area contributed by atoms with Crippen LogP contribution in [0.15, 0.2) is 29.2 Å². The molecule has 0 atom stereocenters. The van der Waals surface area contributed by atoms with Gasteiger partial charge in [-0.2, -0.15) is 9.40 Å². The fourth-order valence-corrected chi connectivity index (χ4v) is 5.61. The molecule has 1 saturated heterocycles. The van der Waals surface area contributed by atoms with Gasteiger partial charge in [0.1, 0.15) is 0 Å². The number of ether oxygens (including phenoxy) is 1. The number of benzene rings is 1. The first-order valence-corrected chi connectivity index (χ1v) is 11.9. The van der Waals surface area contributed by atoms with Gasteiger partial charge in [-0.3, -0.25) is 19.6 Å². The SMILES string of the molecule is COc1ccc(S(=O)(=O)N2CCN(C(=O)c3cc(C)nc4c3c(C)nn4C)CC2)cc1[N+](=O)[O-]. The molecule has 12 nitrogen and oxygen atoms in total. The average molecular weight is 489 g/mol. The van der Waals surface area contributed by atoms with E-state index in [0.717, 1.165) is 6.07 Å². The number of pyridine rings is 1. The summed E-state index contributed by atoms with van der Waals surface area (Å²) >= 11 is 0. The molecule has 1 aliphatic rings. The number of carbonyl (C=O) groups excluding carboxylic acids is 1. The molecule has 0 unspecified atom stereocenters. The largest absolute Gasteiger partial charge is 0.490 e. The summed E-state index contributed by atoms with van der Waals surface area (Å²) in [7, 11) is -0.947. The van der Waals surface area contributed by atoms with Crippen LogP contribution in [0.2, 0.25) is 0 Å². The zero-order valence-electron chi connectivity index (χ0n) is 19.2. The number of hydrogen-bond donors (Lipinski definition) is 0. The van der Waals surface area contributed by atoms with E-state index in [1.54, 1.807) is 29.6 Å². The molecular weight excluding hydrogens is 464 g/mol. The van der Waals surface area contributed by atoms with Crippen molar-refractivity contribution in [1.29, 1.82) is 0 Å². The van der Waals surface area contributed by atoms with Crippen LogP contribution in [0.4, 0.5) is 5.69 Å². The van der Waals surface area contributed by atoms with E-state index in [2.05, 4.69) is 10.1 Å². The minimum Gasteiger partial charge on any atom is -0.490 e.